The van der Waals surface area contributed by atoms with Crippen molar-refractivity contribution in [1.29, 1.82) is 0 Å². The third-order valence-corrected chi connectivity index (χ3v) is 2.41. The van der Waals surface area contributed by atoms with Gasteiger partial charge in [0, 0.05) is 22.6 Å². The van der Waals surface area contributed by atoms with E-state index in [9.17, 15) is 10.1 Å². The second kappa shape index (κ2) is 4.53. The first-order valence-corrected chi connectivity index (χ1v) is 4.94. The standard InChI is InChI=1S/C8H9NO2S2/c10-9(11)8-6(4-12)2-1-3-7(8)5-13/h1-3,12-13H,4-5H2. The number of nitro groups is 1. The van der Waals surface area contributed by atoms with Gasteiger partial charge in [-0.3, -0.25) is 10.1 Å². The molecular weight excluding hydrogens is 206 g/mol. The maximum absolute atomic E-state index is 10.7. The highest BCUT2D eigenvalue weighted by Crippen LogP contribution is 2.26. The molecule has 3 nitrogen and oxygen atoms in total. The van der Waals surface area contributed by atoms with Gasteiger partial charge in [0.2, 0.25) is 0 Å². The zero-order valence-corrected chi connectivity index (χ0v) is 8.59. The molecule has 0 amide bonds. The molecule has 5 heteroatoms. The molecule has 0 aliphatic rings. The van der Waals surface area contributed by atoms with Gasteiger partial charge in [0.25, 0.3) is 5.69 Å². The summed E-state index contributed by atoms with van der Waals surface area (Å²) in [5.41, 5.74) is 1.42. The lowest BCUT2D eigenvalue weighted by atomic mass is 10.1. The average Bonchev–Trinajstić information content (AvgIpc) is 2.16. The lowest BCUT2D eigenvalue weighted by Gasteiger charge is -2.03. The molecule has 0 saturated carbocycles. The molecule has 1 rings (SSSR count). The van der Waals surface area contributed by atoms with Gasteiger partial charge in [-0.05, 0) is 0 Å². The number of hydrogen-bond donors (Lipinski definition) is 2. The Bertz CT molecular complexity index is 306. The van der Waals surface area contributed by atoms with Crippen LogP contribution in [0.3, 0.4) is 0 Å². The van der Waals surface area contributed by atoms with Gasteiger partial charge < -0.3 is 0 Å². The van der Waals surface area contributed by atoms with E-state index in [1.54, 1.807) is 18.2 Å². The van der Waals surface area contributed by atoms with Crippen molar-refractivity contribution in [3.63, 3.8) is 0 Å². The number of para-hydroxylation sites is 1. The highest BCUT2D eigenvalue weighted by molar-refractivity contribution is 7.79. The minimum Gasteiger partial charge on any atom is -0.258 e. The van der Waals surface area contributed by atoms with Gasteiger partial charge in [0.1, 0.15) is 0 Å². The molecule has 0 heterocycles. The summed E-state index contributed by atoms with van der Waals surface area (Å²) in [5, 5.41) is 10.7. The number of nitro benzene ring substituents is 1. The van der Waals surface area contributed by atoms with Crippen LogP contribution in [0.2, 0.25) is 0 Å². The van der Waals surface area contributed by atoms with Crippen LogP contribution in [0.15, 0.2) is 18.2 Å². The molecule has 1 aromatic rings. The molecular formula is C8H9NO2S2. The molecule has 0 N–H and O–H groups in total. The first-order valence-electron chi connectivity index (χ1n) is 3.67. The van der Waals surface area contributed by atoms with Crippen LogP contribution in [0.4, 0.5) is 5.69 Å². The third-order valence-electron chi connectivity index (χ3n) is 1.73. The number of hydrogen-bond acceptors (Lipinski definition) is 4. The van der Waals surface area contributed by atoms with Crippen molar-refractivity contribution in [2.75, 3.05) is 0 Å². The van der Waals surface area contributed by atoms with Crippen molar-refractivity contribution in [2.45, 2.75) is 11.5 Å². The van der Waals surface area contributed by atoms with Crippen LogP contribution in [0.1, 0.15) is 11.1 Å². The monoisotopic (exact) mass is 215 g/mol. The van der Waals surface area contributed by atoms with Crippen LogP contribution < -0.4 is 0 Å². The van der Waals surface area contributed by atoms with Gasteiger partial charge in [-0.25, -0.2) is 0 Å². The quantitative estimate of drug-likeness (QED) is 0.462. The predicted octanol–water partition coefficient (Wildman–Crippen LogP) is 2.45. The summed E-state index contributed by atoms with van der Waals surface area (Å²) in [6, 6.07) is 5.19. The van der Waals surface area contributed by atoms with Gasteiger partial charge >= 0.3 is 0 Å². The van der Waals surface area contributed by atoms with Gasteiger partial charge in [-0.15, -0.1) is 0 Å². The number of nitrogens with zero attached hydrogens (tertiary/aromatic N) is 1. The Morgan fingerprint density at radius 2 is 1.69 bits per heavy atom. The van der Waals surface area contributed by atoms with Gasteiger partial charge in [-0.1, -0.05) is 18.2 Å². The zero-order chi connectivity index (χ0) is 9.84. The second-order valence-corrected chi connectivity index (χ2v) is 3.13. The Labute approximate surface area is 87.1 Å². The fourth-order valence-corrected chi connectivity index (χ4v) is 1.64. The van der Waals surface area contributed by atoms with Gasteiger partial charge in [0.15, 0.2) is 0 Å². The molecule has 0 aliphatic heterocycles. The highest BCUT2D eigenvalue weighted by Gasteiger charge is 2.16. The van der Waals surface area contributed by atoms with Crippen LogP contribution in [0.5, 0.6) is 0 Å². The maximum atomic E-state index is 10.7. The summed E-state index contributed by atoms with van der Waals surface area (Å²) >= 11 is 8.06. The van der Waals surface area contributed by atoms with Crippen LogP contribution in [-0.2, 0) is 11.5 Å². The van der Waals surface area contributed by atoms with E-state index in [4.69, 9.17) is 0 Å². The lowest BCUT2D eigenvalue weighted by Crippen LogP contribution is -1.97. The van der Waals surface area contributed by atoms with E-state index >= 15 is 0 Å². The predicted molar refractivity (Wildman–Crippen MR) is 58.5 cm³/mol. The van der Waals surface area contributed by atoms with Crippen LogP contribution in [-0.4, -0.2) is 4.92 Å². The largest absolute Gasteiger partial charge is 0.277 e. The number of rotatable bonds is 3. The van der Waals surface area contributed by atoms with Gasteiger partial charge in [0.05, 0.1) is 4.92 Å². The van der Waals surface area contributed by atoms with Crippen molar-refractivity contribution >= 4 is 30.9 Å². The van der Waals surface area contributed by atoms with E-state index in [0.29, 0.717) is 22.6 Å². The van der Waals surface area contributed by atoms with E-state index < -0.39 is 0 Å². The molecule has 0 atom stereocenters. The van der Waals surface area contributed by atoms with Crippen molar-refractivity contribution in [3.8, 4) is 0 Å². The van der Waals surface area contributed by atoms with E-state index in [-0.39, 0.29) is 10.6 Å². The lowest BCUT2D eigenvalue weighted by molar-refractivity contribution is -0.386. The molecule has 0 aromatic heterocycles. The molecule has 0 radical (unpaired) electrons. The second-order valence-electron chi connectivity index (χ2n) is 2.50. The minimum atomic E-state index is -0.378. The maximum Gasteiger partial charge on any atom is 0.277 e. The van der Waals surface area contributed by atoms with E-state index in [2.05, 4.69) is 25.3 Å². The fraction of sp³-hybridized carbons (Fsp3) is 0.250. The fourth-order valence-electron chi connectivity index (χ4n) is 1.13. The third kappa shape index (κ3) is 2.16. The SMILES string of the molecule is O=[N+]([O-])c1c(CS)cccc1CS. The first-order chi connectivity index (χ1) is 6.20. The molecule has 70 valence electrons. The Balaban J connectivity index is 3.29. The highest BCUT2D eigenvalue weighted by atomic mass is 32.1. The zero-order valence-electron chi connectivity index (χ0n) is 6.80. The summed E-state index contributed by atoms with van der Waals surface area (Å²) in [6.45, 7) is 0. The van der Waals surface area contributed by atoms with E-state index in [0.717, 1.165) is 0 Å². The van der Waals surface area contributed by atoms with Crippen LogP contribution in [0.25, 0.3) is 0 Å². The van der Waals surface area contributed by atoms with Crippen molar-refractivity contribution in [1.82, 2.24) is 0 Å². The van der Waals surface area contributed by atoms with E-state index in [1.807, 2.05) is 0 Å². The van der Waals surface area contributed by atoms with Crippen LogP contribution in [0, 0.1) is 10.1 Å². The Kier molecular flexibility index (Phi) is 3.62. The molecule has 0 aliphatic carbocycles. The average molecular weight is 215 g/mol. The smallest absolute Gasteiger partial charge is 0.258 e. The topological polar surface area (TPSA) is 43.1 Å². The van der Waals surface area contributed by atoms with Gasteiger partial charge in [-0.2, -0.15) is 25.3 Å². The first kappa shape index (κ1) is 10.4. The normalized spacial score (nSPS) is 10.0. The Morgan fingerprint density at radius 3 is 2.00 bits per heavy atom. The molecule has 0 spiro atoms. The van der Waals surface area contributed by atoms with Crippen molar-refractivity contribution in [3.05, 3.63) is 39.4 Å². The summed E-state index contributed by atoms with van der Waals surface area (Å²) in [6.07, 6.45) is 0. The summed E-state index contributed by atoms with van der Waals surface area (Å²) in [5.74, 6) is 0.746. The Hall–Kier alpha value is -0.680. The molecule has 13 heavy (non-hydrogen) atoms. The summed E-state index contributed by atoms with van der Waals surface area (Å²) in [7, 11) is 0. The minimum absolute atomic E-state index is 0.146. The Morgan fingerprint density at radius 1 is 1.23 bits per heavy atom. The number of thiol groups is 2. The number of benzene rings is 1. The van der Waals surface area contributed by atoms with Crippen molar-refractivity contribution < 1.29 is 4.92 Å². The van der Waals surface area contributed by atoms with E-state index in [1.165, 1.54) is 0 Å². The summed E-state index contributed by atoms with van der Waals surface area (Å²) < 4.78 is 0. The van der Waals surface area contributed by atoms with Crippen LogP contribution >= 0.6 is 25.3 Å². The molecule has 1 aromatic carbocycles. The molecule has 0 saturated heterocycles. The molecule has 0 bridgehead atoms. The summed E-state index contributed by atoms with van der Waals surface area (Å²) in [4.78, 5) is 10.3. The molecule has 0 fully saturated rings. The molecule has 0 unspecified atom stereocenters. The van der Waals surface area contributed by atoms with Crippen molar-refractivity contribution in [2.24, 2.45) is 0 Å².